The summed E-state index contributed by atoms with van der Waals surface area (Å²) in [6.07, 6.45) is -24.3. The third kappa shape index (κ3) is 8.99. The molecule has 30 unspecified atom stereocenters. The van der Waals surface area contributed by atoms with E-state index >= 15 is 0 Å². The van der Waals surface area contributed by atoms with Crippen LogP contribution in [0.15, 0.2) is 0 Å². The average Bonchev–Trinajstić information content (AvgIpc) is 3.26. The third-order valence-electron chi connectivity index (χ3n) is 23.0. The van der Waals surface area contributed by atoms with Gasteiger partial charge in [-0.15, -0.1) is 0 Å². The van der Waals surface area contributed by atoms with Gasteiger partial charge in [0.05, 0.1) is 50.3 Å². The smallest absolute Gasteiger partial charge is 0.187 e. The Kier molecular flexibility index (Phi) is 16.6. The summed E-state index contributed by atoms with van der Waals surface area (Å²) in [6.45, 7) is 14.0. The number of ether oxygens (including phenoxy) is 11. The van der Waals surface area contributed by atoms with Gasteiger partial charge in [0.1, 0.15) is 85.5 Å². The first-order chi connectivity index (χ1) is 36.7. The van der Waals surface area contributed by atoms with E-state index < -0.39 is 160 Å². The number of aliphatic hydroxyl groups excluding tert-OH is 12. The maximum absolute atomic E-state index is 12.5. The van der Waals surface area contributed by atoms with Crippen LogP contribution < -0.4 is 0 Å². The second-order valence-corrected chi connectivity index (χ2v) is 26.9. The summed E-state index contributed by atoms with van der Waals surface area (Å²) in [6, 6.07) is 0. The molecule has 10 rings (SSSR count). The SMILES string of the molecule is COC(OC)C1(C)CCC23COC4(CCC5C6(C)CCC(OC7OCC(OC8OC(CO)C(O)C(O)C8OC8OC(C)C(O)C(O)C8O)C(O)C7OC7OC(CO)C(O)C(O)C7O)C(C)(C)C6CCC5(C)C4(C)CC2O)C3C1. The van der Waals surface area contributed by atoms with Crippen LogP contribution in [0.5, 0.6) is 0 Å². The molecule has 30 atom stereocenters. The standard InChI is InChI=1S/C55H92O23/c1-24-33(59)37(63)40(66)44(72-24)78-43-39(65)35(61)26(21-57)74-47(43)75-27-22-70-46(42(36(27)62)77-45-41(67)38(64)34(60)25(20-56)73-45)76-32-12-13-51(5)28(49(32,2)3)10-14-52(6)29(51)11-15-55-30-18-50(4,48(68-8)69-9)16-17-54(30,23-71-55)31(58)19-53(52,55)7/h24-48,56-67H,10-23H2,1-9H3. The van der Waals surface area contributed by atoms with Crippen LogP contribution in [0.25, 0.3) is 0 Å². The molecule has 0 aromatic heterocycles. The summed E-state index contributed by atoms with van der Waals surface area (Å²) >= 11 is 0. The molecule has 450 valence electrons. The molecule has 12 N–H and O–H groups in total. The number of rotatable bonds is 13. The minimum absolute atomic E-state index is 0.130. The third-order valence-corrected chi connectivity index (χ3v) is 23.0. The lowest BCUT2D eigenvalue weighted by Crippen LogP contribution is -2.74. The zero-order valence-corrected chi connectivity index (χ0v) is 46.7. The largest absolute Gasteiger partial charge is 0.394 e. The molecule has 5 aliphatic heterocycles. The van der Waals surface area contributed by atoms with Crippen LogP contribution in [0.4, 0.5) is 0 Å². The van der Waals surface area contributed by atoms with E-state index in [-0.39, 0.29) is 51.1 Å². The average molecular weight is 1120 g/mol. The zero-order valence-electron chi connectivity index (χ0n) is 46.7. The monoisotopic (exact) mass is 1120 g/mol. The zero-order chi connectivity index (χ0) is 56.6. The van der Waals surface area contributed by atoms with Crippen molar-refractivity contribution in [2.45, 2.75) is 253 Å². The normalized spacial score (nSPS) is 56.8. The molecule has 0 aromatic carbocycles. The predicted molar refractivity (Wildman–Crippen MR) is 267 cm³/mol. The van der Waals surface area contributed by atoms with Crippen LogP contribution in [-0.4, -0.2) is 243 Å². The summed E-state index contributed by atoms with van der Waals surface area (Å²) in [5, 5.41) is 132. The second kappa shape index (κ2) is 21.5. The Morgan fingerprint density at radius 1 is 0.538 bits per heavy atom. The Morgan fingerprint density at radius 3 is 1.77 bits per heavy atom. The number of methoxy groups -OCH3 is 2. The van der Waals surface area contributed by atoms with Crippen molar-refractivity contribution in [2.24, 2.45) is 50.2 Å². The highest BCUT2D eigenvalue weighted by molar-refractivity contribution is 5.28. The van der Waals surface area contributed by atoms with Gasteiger partial charge in [-0.3, -0.25) is 0 Å². The van der Waals surface area contributed by atoms with Crippen molar-refractivity contribution in [3.05, 3.63) is 0 Å². The van der Waals surface area contributed by atoms with Gasteiger partial charge in [0, 0.05) is 30.5 Å². The van der Waals surface area contributed by atoms with Crippen molar-refractivity contribution < 1.29 is 113 Å². The van der Waals surface area contributed by atoms with E-state index in [9.17, 15) is 61.3 Å². The summed E-state index contributed by atoms with van der Waals surface area (Å²) < 4.78 is 68.4. The van der Waals surface area contributed by atoms with Gasteiger partial charge in [-0.1, -0.05) is 41.5 Å². The first kappa shape index (κ1) is 60.2. The van der Waals surface area contributed by atoms with Crippen molar-refractivity contribution in [1.82, 2.24) is 0 Å². The molecule has 5 saturated heterocycles. The number of fused-ring (bicyclic) bond motifs is 4. The maximum atomic E-state index is 12.5. The highest BCUT2D eigenvalue weighted by Gasteiger charge is 2.80. The number of hydrogen-bond donors (Lipinski definition) is 12. The van der Waals surface area contributed by atoms with Crippen LogP contribution in [0, 0.1) is 50.2 Å². The molecule has 5 heterocycles. The van der Waals surface area contributed by atoms with E-state index in [1.165, 1.54) is 6.92 Å². The molecule has 10 aliphatic rings. The van der Waals surface area contributed by atoms with Crippen LogP contribution >= 0.6 is 0 Å². The van der Waals surface area contributed by atoms with Gasteiger partial charge in [-0.05, 0) is 105 Å². The summed E-state index contributed by atoms with van der Waals surface area (Å²) in [7, 11) is 3.40. The summed E-state index contributed by atoms with van der Waals surface area (Å²) in [4.78, 5) is 0. The van der Waals surface area contributed by atoms with Crippen molar-refractivity contribution in [1.29, 1.82) is 0 Å². The van der Waals surface area contributed by atoms with Gasteiger partial charge in [-0.2, -0.15) is 0 Å². The van der Waals surface area contributed by atoms with E-state index in [2.05, 4.69) is 41.5 Å². The second-order valence-electron chi connectivity index (χ2n) is 26.9. The highest BCUT2D eigenvalue weighted by Crippen LogP contribution is 2.81. The van der Waals surface area contributed by atoms with Gasteiger partial charge in [0.15, 0.2) is 31.5 Å². The summed E-state index contributed by atoms with van der Waals surface area (Å²) in [5.41, 5.74) is -2.25. The van der Waals surface area contributed by atoms with Crippen molar-refractivity contribution >= 4 is 0 Å². The molecule has 10 fully saturated rings. The van der Waals surface area contributed by atoms with Gasteiger partial charge in [0.25, 0.3) is 0 Å². The molecule has 0 aromatic rings. The molecule has 2 bridgehead atoms. The van der Waals surface area contributed by atoms with E-state index in [0.29, 0.717) is 19.4 Å². The molecule has 78 heavy (non-hydrogen) atoms. The van der Waals surface area contributed by atoms with Crippen molar-refractivity contribution in [3.63, 3.8) is 0 Å². The quantitative estimate of drug-likeness (QED) is 0.0771. The van der Waals surface area contributed by atoms with E-state index in [1.54, 1.807) is 14.2 Å². The molecule has 23 nitrogen and oxygen atoms in total. The lowest BCUT2D eigenvalue weighted by Gasteiger charge is -2.75. The van der Waals surface area contributed by atoms with Crippen LogP contribution in [0.3, 0.4) is 0 Å². The van der Waals surface area contributed by atoms with Crippen LogP contribution in [-0.2, 0) is 52.1 Å². The van der Waals surface area contributed by atoms with Gasteiger partial charge >= 0.3 is 0 Å². The van der Waals surface area contributed by atoms with E-state index in [0.717, 1.165) is 51.4 Å². The topological polar surface area (TPSA) is 344 Å². The minimum Gasteiger partial charge on any atom is -0.394 e. The fourth-order valence-electron chi connectivity index (χ4n) is 18.4. The summed E-state index contributed by atoms with van der Waals surface area (Å²) in [5.74, 6) is 0.531. The lowest BCUT2D eigenvalue weighted by molar-refractivity contribution is -0.394. The van der Waals surface area contributed by atoms with Gasteiger partial charge < -0.3 is 113 Å². The molecular weight excluding hydrogens is 1030 g/mol. The van der Waals surface area contributed by atoms with Crippen LogP contribution in [0.2, 0.25) is 0 Å². The van der Waals surface area contributed by atoms with Gasteiger partial charge in [-0.25, -0.2) is 0 Å². The molecule has 1 spiro atoms. The maximum Gasteiger partial charge on any atom is 0.187 e. The lowest BCUT2D eigenvalue weighted by atomic mass is 9.30. The Morgan fingerprint density at radius 2 is 1.13 bits per heavy atom. The Labute approximate surface area is 456 Å². The van der Waals surface area contributed by atoms with Crippen molar-refractivity contribution in [3.8, 4) is 0 Å². The van der Waals surface area contributed by atoms with Crippen molar-refractivity contribution in [2.75, 3.05) is 40.6 Å². The highest BCUT2D eigenvalue weighted by atomic mass is 16.8. The Hall–Kier alpha value is -0.920. The Balaban J connectivity index is 0.901. The first-order valence-corrected chi connectivity index (χ1v) is 28.6. The van der Waals surface area contributed by atoms with Gasteiger partial charge in [0.2, 0.25) is 0 Å². The Bertz CT molecular complexity index is 2090. The molecule has 0 radical (unpaired) electrons. The molecule has 5 saturated carbocycles. The van der Waals surface area contributed by atoms with Crippen LogP contribution in [0.1, 0.15) is 113 Å². The molecule has 23 heteroatoms. The first-order valence-electron chi connectivity index (χ1n) is 28.6. The van der Waals surface area contributed by atoms with E-state index in [1.807, 2.05) is 0 Å². The number of aliphatic hydroxyl groups is 12. The van der Waals surface area contributed by atoms with E-state index in [4.69, 9.17) is 52.1 Å². The molecule has 0 amide bonds. The fraction of sp³-hybridized carbons (Fsp3) is 1.00. The molecular formula is C55H92O23. The predicted octanol–water partition coefficient (Wildman–Crippen LogP) is -1.08. The molecule has 5 aliphatic carbocycles. The fourth-order valence-corrected chi connectivity index (χ4v) is 18.4. The number of hydrogen-bond acceptors (Lipinski definition) is 23. The minimum atomic E-state index is -1.89.